The summed E-state index contributed by atoms with van der Waals surface area (Å²) in [4.78, 5) is 15.0. The Balaban J connectivity index is 1.18. The molecule has 2 bridgehead atoms. The molecule has 3 aliphatic rings. The van der Waals surface area contributed by atoms with Gasteiger partial charge in [-0.3, -0.25) is 4.98 Å². The van der Waals surface area contributed by atoms with Crippen LogP contribution in [0.25, 0.3) is 55.7 Å². The summed E-state index contributed by atoms with van der Waals surface area (Å²) >= 11 is 7.28. The van der Waals surface area contributed by atoms with E-state index in [-0.39, 0.29) is 6.04 Å². The van der Waals surface area contributed by atoms with Crippen molar-refractivity contribution >= 4 is 22.5 Å². The van der Waals surface area contributed by atoms with Gasteiger partial charge in [0.1, 0.15) is 29.1 Å². The van der Waals surface area contributed by atoms with Gasteiger partial charge in [-0.25, -0.2) is 4.98 Å². The van der Waals surface area contributed by atoms with Gasteiger partial charge in [0.25, 0.3) is 0 Å². The normalized spacial score (nSPS) is 19.7. The highest BCUT2D eigenvalue weighted by Crippen LogP contribution is 2.51. The van der Waals surface area contributed by atoms with E-state index in [9.17, 15) is 0 Å². The number of pyridine rings is 1. The molecule has 0 saturated carbocycles. The number of nitrogens with zero attached hydrogens (tertiary/aromatic N) is 4. The van der Waals surface area contributed by atoms with Crippen LogP contribution in [0.3, 0.4) is 0 Å². The van der Waals surface area contributed by atoms with Crippen molar-refractivity contribution in [2.45, 2.75) is 57.9 Å². The van der Waals surface area contributed by atoms with Crippen LogP contribution >= 0.6 is 11.6 Å². The van der Waals surface area contributed by atoms with Gasteiger partial charge in [0.05, 0.1) is 24.2 Å². The van der Waals surface area contributed by atoms with Crippen LogP contribution in [0.4, 0.5) is 0 Å². The van der Waals surface area contributed by atoms with Gasteiger partial charge in [0, 0.05) is 58.2 Å². The molecule has 0 N–H and O–H groups in total. The van der Waals surface area contributed by atoms with Crippen LogP contribution in [0.2, 0.25) is 5.15 Å². The van der Waals surface area contributed by atoms with Crippen LogP contribution in [-0.2, 0) is 6.54 Å². The van der Waals surface area contributed by atoms with Gasteiger partial charge < -0.3 is 14.0 Å². The van der Waals surface area contributed by atoms with Crippen LogP contribution in [0, 0.1) is 11.8 Å². The van der Waals surface area contributed by atoms with Crippen LogP contribution in [0.1, 0.15) is 50.8 Å². The van der Waals surface area contributed by atoms with Gasteiger partial charge in [0.2, 0.25) is 5.88 Å². The Morgan fingerprint density at radius 1 is 0.738 bits per heavy atom. The van der Waals surface area contributed by atoms with Crippen molar-refractivity contribution in [1.29, 1.82) is 0 Å². The summed E-state index contributed by atoms with van der Waals surface area (Å²) in [6, 6.07) is 56.9. The van der Waals surface area contributed by atoms with Crippen molar-refractivity contribution < 1.29 is 14.0 Å². The van der Waals surface area contributed by atoms with Gasteiger partial charge in [-0.15, -0.1) is 6.58 Å². The monoisotopic (exact) mass is 873 g/mol. The summed E-state index contributed by atoms with van der Waals surface area (Å²) in [5, 5.41) is 1.41. The lowest BCUT2D eigenvalue weighted by Gasteiger charge is -2.58. The molecule has 0 radical (unpaired) electrons. The van der Waals surface area contributed by atoms with E-state index < -0.39 is 11.7 Å². The lowest BCUT2D eigenvalue weighted by atomic mass is 9.71. The molecule has 7 heteroatoms. The molecule has 5 heterocycles. The second-order valence-corrected chi connectivity index (χ2v) is 19.1. The fourth-order valence-electron chi connectivity index (χ4n) is 10.5. The second-order valence-electron chi connectivity index (χ2n) is 18.7. The summed E-state index contributed by atoms with van der Waals surface area (Å²) in [6.07, 6.45) is 5.75. The minimum absolute atomic E-state index is 0.0270. The third kappa shape index (κ3) is 8.57. The Bertz CT molecular complexity index is 2890. The first-order chi connectivity index (χ1) is 31.7. The van der Waals surface area contributed by atoms with E-state index in [1.807, 2.05) is 66.9 Å². The highest BCUT2D eigenvalue weighted by Gasteiger charge is 2.55. The number of benzene rings is 6. The van der Waals surface area contributed by atoms with Crippen LogP contribution in [0.15, 0.2) is 183 Å². The van der Waals surface area contributed by atoms with Crippen molar-refractivity contribution in [2.75, 3.05) is 13.1 Å². The van der Waals surface area contributed by atoms with E-state index in [0.717, 1.165) is 92.6 Å². The minimum Gasteiger partial charge on any atom is -0.487 e. The smallest absolute Gasteiger partial charge is 0.227 e. The van der Waals surface area contributed by atoms with Crippen LogP contribution in [0.5, 0.6) is 11.6 Å². The molecule has 0 spiro atoms. The summed E-state index contributed by atoms with van der Waals surface area (Å²) in [5.41, 5.74) is 9.69. The van der Waals surface area contributed by atoms with Crippen molar-refractivity contribution in [3.8, 4) is 56.4 Å². The first-order valence-electron chi connectivity index (χ1n) is 22.8. The van der Waals surface area contributed by atoms with Crippen molar-refractivity contribution in [3.05, 3.63) is 199 Å². The van der Waals surface area contributed by atoms with Gasteiger partial charge >= 0.3 is 0 Å². The third-order valence-corrected chi connectivity index (χ3v) is 13.7. The maximum atomic E-state index is 7.70. The topological polar surface area (TPSA) is 57.1 Å². The number of halogens is 1. The third-order valence-electron chi connectivity index (χ3n) is 13.4. The molecule has 65 heavy (non-hydrogen) atoms. The first-order valence-corrected chi connectivity index (χ1v) is 23.2. The summed E-state index contributed by atoms with van der Waals surface area (Å²) < 4.78 is 15.5. The summed E-state index contributed by atoms with van der Waals surface area (Å²) in [6.45, 7) is 13.5. The molecular formula is C58H54ClN4O2+. The number of hydrogen-bond acceptors (Lipinski definition) is 5. The van der Waals surface area contributed by atoms with Crippen LogP contribution < -0.4 is 9.47 Å². The van der Waals surface area contributed by atoms with Crippen molar-refractivity contribution in [2.24, 2.45) is 11.8 Å². The predicted molar refractivity (Wildman–Crippen MR) is 265 cm³/mol. The molecule has 3 saturated heterocycles. The largest absolute Gasteiger partial charge is 0.487 e. The molecule has 324 valence electrons. The number of hydrogen-bond donors (Lipinski definition) is 0. The number of fused-ring (bicyclic) bond motifs is 4. The molecule has 2 aromatic heterocycles. The number of aromatic nitrogens is 3. The second kappa shape index (κ2) is 17.8. The van der Waals surface area contributed by atoms with Gasteiger partial charge in [-0.2, -0.15) is 4.98 Å². The lowest BCUT2D eigenvalue weighted by molar-refractivity contribution is -0.984. The van der Waals surface area contributed by atoms with Gasteiger partial charge in [0.15, 0.2) is 11.9 Å². The minimum atomic E-state index is -0.431. The Hall–Kier alpha value is -6.60. The number of quaternary nitrogens is 1. The zero-order valence-corrected chi connectivity index (χ0v) is 38.0. The molecule has 8 aromatic rings. The van der Waals surface area contributed by atoms with Gasteiger partial charge in [-0.1, -0.05) is 157 Å². The molecule has 6 nitrogen and oxygen atoms in total. The number of piperidine rings is 3. The van der Waals surface area contributed by atoms with E-state index in [1.165, 1.54) is 5.56 Å². The average Bonchev–Trinajstić information content (AvgIpc) is 3.34. The van der Waals surface area contributed by atoms with E-state index >= 15 is 0 Å². The van der Waals surface area contributed by atoms with E-state index in [4.69, 9.17) is 36.0 Å². The molecule has 0 amide bonds. The molecule has 1 unspecified atom stereocenters. The first kappa shape index (κ1) is 42.4. The fourth-order valence-corrected chi connectivity index (χ4v) is 10.8. The van der Waals surface area contributed by atoms with Crippen molar-refractivity contribution in [3.63, 3.8) is 0 Å². The van der Waals surface area contributed by atoms with Crippen molar-refractivity contribution in [1.82, 2.24) is 15.0 Å². The lowest BCUT2D eigenvalue weighted by Crippen LogP contribution is -2.68. The Kier molecular flexibility index (Phi) is 11.6. The van der Waals surface area contributed by atoms with E-state index in [2.05, 4.69) is 137 Å². The molecule has 0 aliphatic carbocycles. The predicted octanol–water partition coefficient (Wildman–Crippen LogP) is 14.3. The summed E-state index contributed by atoms with van der Waals surface area (Å²) in [7, 11) is 0. The number of para-hydroxylation sites is 1. The zero-order chi connectivity index (χ0) is 44.5. The average molecular weight is 875 g/mol. The van der Waals surface area contributed by atoms with Gasteiger partial charge in [-0.05, 0) is 67.6 Å². The maximum absolute atomic E-state index is 7.70. The zero-order valence-electron chi connectivity index (χ0n) is 37.3. The SMILES string of the molecule is C=C[C@H]1C[N+]2(Cc3cc(-c4ccccc4)c(OC(C)(C)C)c(-c4ccccc4)c3)CC[C@H]1C[C@@H]2[C@@H](Oc1nc(-c2ccccc2)nc(Cl)c1-c1ccccc1)c1ccnc2ccccc12. The molecule has 11 rings (SSSR count). The molecular weight excluding hydrogens is 820 g/mol. The Morgan fingerprint density at radius 2 is 1.32 bits per heavy atom. The number of rotatable bonds is 12. The standard InChI is InChI=1S/C58H54ClN4O2/c1-5-40-38-63(37-39-34-48(41-20-10-6-11-21-41)53(65-58(2,3)4)49(35-39)42-22-12-7-13-23-42)33-31-45(40)36-51(63)54(47-30-32-60-50-29-19-18-28-46(47)50)64-57-52(43-24-14-8-15-25-43)55(59)61-56(62-57)44-26-16-9-17-27-44/h5-30,32,34-35,40,45,51,54H,1,31,33,36-38H2,2-4H3/q+1/t40-,45-,51+,54-,63?/m0/s1. The summed E-state index contributed by atoms with van der Waals surface area (Å²) in [5.74, 6) is 2.69. The Morgan fingerprint density at radius 3 is 1.94 bits per heavy atom. The van der Waals surface area contributed by atoms with Crippen LogP contribution in [-0.4, -0.2) is 44.2 Å². The molecule has 3 fully saturated rings. The number of ether oxygens (including phenoxy) is 2. The van der Waals surface area contributed by atoms with E-state index in [1.54, 1.807) is 0 Å². The molecule has 6 aromatic carbocycles. The molecule has 5 atom stereocenters. The van der Waals surface area contributed by atoms with E-state index in [0.29, 0.717) is 34.3 Å². The Labute approximate surface area is 387 Å². The molecule has 3 aliphatic heterocycles. The quantitative estimate of drug-likeness (QED) is 0.0695. The highest BCUT2D eigenvalue weighted by atomic mass is 35.5. The maximum Gasteiger partial charge on any atom is 0.227 e. The fraction of sp³-hybridized carbons (Fsp3) is 0.224. The highest BCUT2D eigenvalue weighted by molar-refractivity contribution is 6.32.